The normalized spacial score (nSPS) is 13.4. The van der Waals surface area contributed by atoms with E-state index < -0.39 is 0 Å². The molecule has 2 rings (SSSR count). The Morgan fingerprint density at radius 1 is 1.44 bits per heavy atom. The number of nitrogens with one attached hydrogen (secondary N) is 1. The Morgan fingerprint density at radius 3 is 2.81 bits per heavy atom. The zero-order valence-corrected chi connectivity index (χ0v) is 8.79. The second-order valence-electron chi connectivity index (χ2n) is 3.64. The lowest BCUT2D eigenvalue weighted by molar-refractivity contribution is -0.117. The van der Waals surface area contributed by atoms with E-state index in [4.69, 9.17) is 11.6 Å². The van der Waals surface area contributed by atoms with Crippen molar-refractivity contribution in [3.8, 4) is 0 Å². The number of hydrogen-bond donors (Lipinski definition) is 3. The van der Waals surface area contributed by atoms with Crippen LogP contribution in [0.1, 0.15) is 16.7 Å². The zero-order valence-electron chi connectivity index (χ0n) is 8.79. The molecule has 5 N–H and O–H groups in total. The van der Waals surface area contributed by atoms with Crippen molar-refractivity contribution in [2.24, 2.45) is 11.6 Å². The number of fused-ring (bicyclic) bond motifs is 1. The van der Waals surface area contributed by atoms with Gasteiger partial charge in [0.2, 0.25) is 0 Å². The topological polar surface area (TPSA) is 81.1 Å². The Hall–Kier alpha value is -1.91. The van der Waals surface area contributed by atoms with Gasteiger partial charge in [0.1, 0.15) is 0 Å². The highest BCUT2D eigenvalue weighted by molar-refractivity contribution is 6.16. The third-order valence-corrected chi connectivity index (χ3v) is 2.68. The number of carbonyl (C=O) groups is 1. The van der Waals surface area contributed by atoms with Gasteiger partial charge < -0.3 is 5.73 Å². The summed E-state index contributed by atoms with van der Waals surface area (Å²) in [5.41, 5.74) is 11.8. The van der Waals surface area contributed by atoms with Crippen LogP contribution < -0.4 is 17.0 Å². The van der Waals surface area contributed by atoms with Crippen LogP contribution in [0.25, 0.3) is 11.6 Å². The van der Waals surface area contributed by atoms with Gasteiger partial charge in [0, 0.05) is 12.1 Å². The molecule has 16 heavy (non-hydrogen) atoms. The third-order valence-electron chi connectivity index (χ3n) is 2.68. The fourth-order valence-corrected chi connectivity index (χ4v) is 1.80. The van der Waals surface area contributed by atoms with Gasteiger partial charge in [-0.05, 0) is 34.4 Å². The number of hydrazine groups is 1. The molecule has 1 aliphatic carbocycles. The highest BCUT2D eigenvalue weighted by Crippen LogP contribution is 2.34. The summed E-state index contributed by atoms with van der Waals surface area (Å²) in [6.07, 6.45) is 1.78. The van der Waals surface area contributed by atoms with Crippen LogP contribution in [0.2, 0.25) is 0 Å². The molecular weight excluding hydrogens is 202 g/mol. The average Bonchev–Trinajstić information content (AvgIpc) is 2.65. The third kappa shape index (κ3) is 1.54. The summed E-state index contributed by atoms with van der Waals surface area (Å²) in [4.78, 5) is 11.5. The average molecular weight is 215 g/mol. The SMILES string of the molecule is C=C1C(C(=O)NN)=Cc2cc(CN)ccc21. The van der Waals surface area contributed by atoms with Gasteiger partial charge >= 0.3 is 0 Å². The summed E-state index contributed by atoms with van der Waals surface area (Å²) < 4.78 is 0. The van der Waals surface area contributed by atoms with Crippen molar-refractivity contribution >= 4 is 17.6 Å². The Morgan fingerprint density at radius 2 is 2.19 bits per heavy atom. The highest BCUT2D eigenvalue weighted by Gasteiger charge is 2.21. The van der Waals surface area contributed by atoms with E-state index in [1.54, 1.807) is 6.08 Å². The molecule has 0 aliphatic heterocycles. The molecule has 0 radical (unpaired) electrons. The fourth-order valence-electron chi connectivity index (χ4n) is 1.80. The lowest BCUT2D eigenvalue weighted by atomic mass is 10.0. The first kappa shape index (κ1) is 10.6. The van der Waals surface area contributed by atoms with Crippen molar-refractivity contribution in [1.82, 2.24) is 5.43 Å². The van der Waals surface area contributed by atoms with E-state index in [1.807, 2.05) is 18.2 Å². The summed E-state index contributed by atoms with van der Waals surface area (Å²) in [6, 6.07) is 5.81. The van der Waals surface area contributed by atoms with Crippen molar-refractivity contribution in [1.29, 1.82) is 0 Å². The molecule has 0 bridgehead atoms. The molecule has 0 atom stereocenters. The molecule has 0 saturated carbocycles. The number of hydrogen-bond acceptors (Lipinski definition) is 3. The molecule has 0 saturated heterocycles. The first-order chi connectivity index (χ1) is 7.67. The van der Waals surface area contributed by atoms with Crippen molar-refractivity contribution in [3.05, 3.63) is 47.0 Å². The van der Waals surface area contributed by atoms with Gasteiger partial charge in [-0.15, -0.1) is 0 Å². The first-order valence-corrected chi connectivity index (χ1v) is 4.92. The summed E-state index contributed by atoms with van der Waals surface area (Å²) in [5.74, 6) is 4.78. The fraction of sp³-hybridized carbons (Fsp3) is 0.0833. The lowest BCUT2D eigenvalue weighted by Crippen LogP contribution is -2.31. The van der Waals surface area contributed by atoms with Crippen LogP contribution >= 0.6 is 0 Å². The van der Waals surface area contributed by atoms with E-state index in [2.05, 4.69) is 12.0 Å². The minimum atomic E-state index is -0.324. The minimum Gasteiger partial charge on any atom is -0.326 e. The van der Waals surface area contributed by atoms with E-state index in [0.717, 1.165) is 16.7 Å². The van der Waals surface area contributed by atoms with Crippen LogP contribution in [0.15, 0.2) is 30.4 Å². The smallest absolute Gasteiger partial charge is 0.265 e. The predicted octanol–water partition coefficient (Wildman–Crippen LogP) is 0.545. The summed E-state index contributed by atoms with van der Waals surface area (Å²) in [5, 5.41) is 0. The van der Waals surface area contributed by atoms with E-state index in [-0.39, 0.29) is 5.91 Å². The molecular formula is C12H13N3O. The van der Waals surface area contributed by atoms with Gasteiger partial charge in [-0.3, -0.25) is 10.2 Å². The van der Waals surface area contributed by atoms with E-state index in [1.165, 1.54) is 0 Å². The van der Waals surface area contributed by atoms with E-state index >= 15 is 0 Å². The molecule has 0 heterocycles. The zero-order chi connectivity index (χ0) is 11.7. The van der Waals surface area contributed by atoms with Crippen LogP contribution in [-0.2, 0) is 11.3 Å². The maximum atomic E-state index is 11.5. The van der Waals surface area contributed by atoms with Gasteiger partial charge in [0.15, 0.2) is 0 Å². The van der Waals surface area contributed by atoms with Crippen molar-refractivity contribution < 1.29 is 4.79 Å². The number of carbonyl (C=O) groups excluding carboxylic acids is 1. The van der Waals surface area contributed by atoms with Crippen LogP contribution in [0.3, 0.4) is 0 Å². The van der Waals surface area contributed by atoms with E-state index in [9.17, 15) is 4.79 Å². The molecule has 1 aromatic rings. The number of nitrogens with two attached hydrogens (primary N) is 2. The van der Waals surface area contributed by atoms with Crippen molar-refractivity contribution in [2.75, 3.05) is 0 Å². The largest absolute Gasteiger partial charge is 0.326 e. The lowest BCUT2D eigenvalue weighted by Gasteiger charge is -2.04. The van der Waals surface area contributed by atoms with Crippen LogP contribution in [0.4, 0.5) is 0 Å². The number of rotatable bonds is 2. The molecule has 1 amide bonds. The molecule has 1 aromatic carbocycles. The molecule has 0 spiro atoms. The van der Waals surface area contributed by atoms with Gasteiger partial charge in [0.25, 0.3) is 5.91 Å². The molecule has 4 heteroatoms. The van der Waals surface area contributed by atoms with Crippen molar-refractivity contribution in [2.45, 2.75) is 6.54 Å². The Bertz CT molecular complexity index is 503. The number of amides is 1. The molecule has 4 nitrogen and oxygen atoms in total. The molecule has 0 unspecified atom stereocenters. The second kappa shape index (κ2) is 3.92. The molecule has 0 aromatic heterocycles. The van der Waals surface area contributed by atoms with Crippen LogP contribution in [0, 0.1) is 0 Å². The quantitative estimate of drug-likeness (QED) is 0.383. The Labute approximate surface area is 93.6 Å². The van der Waals surface area contributed by atoms with Crippen LogP contribution in [-0.4, -0.2) is 5.91 Å². The Balaban J connectivity index is 2.46. The molecule has 0 fully saturated rings. The monoisotopic (exact) mass is 215 g/mol. The highest BCUT2D eigenvalue weighted by atomic mass is 16.2. The number of benzene rings is 1. The van der Waals surface area contributed by atoms with Gasteiger partial charge in [-0.2, -0.15) is 0 Å². The van der Waals surface area contributed by atoms with Crippen molar-refractivity contribution in [3.63, 3.8) is 0 Å². The summed E-state index contributed by atoms with van der Waals surface area (Å²) >= 11 is 0. The second-order valence-corrected chi connectivity index (χ2v) is 3.64. The van der Waals surface area contributed by atoms with Gasteiger partial charge in [-0.1, -0.05) is 18.7 Å². The predicted molar refractivity (Wildman–Crippen MR) is 63.7 cm³/mol. The maximum absolute atomic E-state index is 11.5. The summed E-state index contributed by atoms with van der Waals surface area (Å²) in [7, 11) is 0. The summed E-state index contributed by atoms with van der Waals surface area (Å²) in [6.45, 7) is 4.36. The molecule has 1 aliphatic rings. The maximum Gasteiger partial charge on any atom is 0.265 e. The van der Waals surface area contributed by atoms with Gasteiger partial charge in [0.05, 0.1) is 0 Å². The minimum absolute atomic E-state index is 0.324. The van der Waals surface area contributed by atoms with Crippen LogP contribution in [0.5, 0.6) is 0 Å². The van der Waals surface area contributed by atoms with E-state index in [0.29, 0.717) is 17.7 Å². The Kier molecular flexibility index (Phi) is 2.60. The molecule has 82 valence electrons. The standard InChI is InChI=1S/C12H13N3O/c1-7-10-3-2-8(6-13)4-9(10)5-11(7)12(16)15-14/h2-5H,1,6,13-14H2,(H,15,16). The van der Waals surface area contributed by atoms with Gasteiger partial charge in [-0.25, -0.2) is 5.84 Å². The first-order valence-electron chi connectivity index (χ1n) is 4.92.